The van der Waals surface area contributed by atoms with Crippen LogP contribution in [0.1, 0.15) is 97.3 Å². The van der Waals surface area contributed by atoms with E-state index in [0.717, 1.165) is 6.42 Å². The molecule has 0 aliphatic heterocycles. The average molecular weight is 339 g/mol. The van der Waals surface area contributed by atoms with Crippen LogP contribution in [0.15, 0.2) is 0 Å². The lowest BCUT2D eigenvalue weighted by Crippen LogP contribution is -1.98. The highest BCUT2D eigenvalue weighted by atomic mass is 32.2. The molecule has 0 aliphatic rings. The van der Waals surface area contributed by atoms with Gasteiger partial charge in [0, 0.05) is 0 Å². The fourth-order valence-electron chi connectivity index (χ4n) is 2.28. The van der Waals surface area contributed by atoms with Crippen LogP contribution in [0.25, 0.3) is 0 Å². The molecule has 0 aromatic rings. The molecular weight excluding hydrogens is 300 g/mol. The molecule has 0 heterocycles. The molecule has 0 saturated carbocycles. The van der Waals surface area contributed by atoms with Crippen molar-refractivity contribution in [1.82, 2.24) is 0 Å². The molecule has 5 heteroatoms. The van der Waals surface area contributed by atoms with Crippen LogP contribution in [0.2, 0.25) is 0 Å². The Bertz CT molecular complexity index is 292. The standard InChI is InChI=1S/C16H34O.CH4O3S/c1-3-4-5-6-7-8-9-10-11-12-13-14-15-16(2)17;1-5(2,3)4/h16-17H,3-15H2,1-2H3;1H3,(H,2,3,4). The van der Waals surface area contributed by atoms with E-state index in [2.05, 4.69) is 6.92 Å². The van der Waals surface area contributed by atoms with Gasteiger partial charge in [-0.05, 0) is 13.3 Å². The predicted octanol–water partition coefficient (Wildman–Crippen LogP) is 4.96. The van der Waals surface area contributed by atoms with Crippen molar-refractivity contribution in [3.8, 4) is 0 Å². The maximum Gasteiger partial charge on any atom is 0.261 e. The monoisotopic (exact) mass is 338 g/mol. The van der Waals surface area contributed by atoms with Crippen LogP contribution in [0.3, 0.4) is 0 Å². The van der Waals surface area contributed by atoms with Crippen molar-refractivity contribution in [2.24, 2.45) is 0 Å². The Labute approximate surface area is 138 Å². The summed E-state index contributed by atoms with van der Waals surface area (Å²) in [5.74, 6) is 0. The minimum absolute atomic E-state index is 0.0990. The van der Waals surface area contributed by atoms with Crippen molar-refractivity contribution in [3.63, 3.8) is 0 Å². The van der Waals surface area contributed by atoms with E-state index in [4.69, 9.17) is 9.66 Å². The summed E-state index contributed by atoms with van der Waals surface area (Å²) in [6.07, 6.45) is 18.3. The van der Waals surface area contributed by atoms with Crippen molar-refractivity contribution in [2.75, 3.05) is 6.26 Å². The zero-order chi connectivity index (χ0) is 17.3. The highest BCUT2D eigenvalue weighted by Crippen LogP contribution is 2.12. The van der Waals surface area contributed by atoms with Gasteiger partial charge in [0.2, 0.25) is 0 Å². The summed E-state index contributed by atoms with van der Waals surface area (Å²) in [7, 11) is -3.67. The number of aliphatic hydroxyl groups excluding tert-OH is 1. The minimum atomic E-state index is -3.67. The molecule has 0 spiro atoms. The van der Waals surface area contributed by atoms with E-state index in [-0.39, 0.29) is 6.10 Å². The number of hydrogen-bond acceptors (Lipinski definition) is 3. The second-order valence-electron chi connectivity index (χ2n) is 6.26. The zero-order valence-electron chi connectivity index (χ0n) is 14.9. The highest BCUT2D eigenvalue weighted by molar-refractivity contribution is 7.85. The van der Waals surface area contributed by atoms with E-state index in [1.807, 2.05) is 6.92 Å². The van der Waals surface area contributed by atoms with Crippen LogP contribution in [0, 0.1) is 0 Å². The molecule has 0 fully saturated rings. The van der Waals surface area contributed by atoms with Crippen LogP contribution in [-0.2, 0) is 10.1 Å². The summed E-state index contributed by atoms with van der Waals surface area (Å²) >= 11 is 0. The Kier molecular flexibility index (Phi) is 18.9. The molecule has 0 rings (SSSR count). The van der Waals surface area contributed by atoms with Gasteiger partial charge < -0.3 is 5.11 Å². The van der Waals surface area contributed by atoms with E-state index in [1.165, 1.54) is 77.0 Å². The van der Waals surface area contributed by atoms with E-state index in [9.17, 15) is 8.42 Å². The fourth-order valence-corrected chi connectivity index (χ4v) is 2.28. The number of hydrogen-bond donors (Lipinski definition) is 2. The van der Waals surface area contributed by atoms with E-state index >= 15 is 0 Å². The maximum absolute atomic E-state index is 9.19. The van der Waals surface area contributed by atoms with Gasteiger partial charge in [0.05, 0.1) is 12.4 Å². The first-order valence-electron chi connectivity index (χ1n) is 8.88. The van der Waals surface area contributed by atoms with Crippen LogP contribution in [0.5, 0.6) is 0 Å². The molecular formula is C17H38O4S. The Balaban J connectivity index is 0. The third-order valence-corrected chi connectivity index (χ3v) is 3.48. The predicted molar refractivity (Wildman–Crippen MR) is 94.8 cm³/mol. The van der Waals surface area contributed by atoms with Crippen molar-refractivity contribution < 1.29 is 18.1 Å². The molecule has 1 unspecified atom stereocenters. The van der Waals surface area contributed by atoms with Crippen LogP contribution in [0.4, 0.5) is 0 Å². The molecule has 1 atom stereocenters. The van der Waals surface area contributed by atoms with Gasteiger partial charge in [-0.3, -0.25) is 4.55 Å². The largest absolute Gasteiger partial charge is 0.393 e. The number of rotatable bonds is 13. The van der Waals surface area contributed by atoms with Gasteiger partial charge in [0.15, 0.2) is 0 Å². The van der Waals surface area contributed by atoms with E-state index in [0.29, 0.717) is 6.26 Å². The van der Waals surface area contributed by atoms with Crippen LogP contribution < -0.4 is 0 Å². The van der Waals surface area contributed by atoms with Crippen LogP contribution >= 0.6 is 0 Å². The summed E-state index contributed by atoms with van der Waals surface area (Å²) in [5, 5.41) is 9.11. The summed E-state index contributed by atoms with van der Waals surface area (Å²) in [6.45, 7) is 4.16. The van der Waals surface area contributed by atoms with E-state index < -0.39 is 10.1 Å². The first-order valence-corrected chi connectivity index (χ1v) is 10.7. The Hall–Kier alpha value is -0.130. The zero-order valence-corrected chi connectivity index (χ0v) is 15.7. The van der Waals surface area contributed by atoms with Crippen LogP contribution in [-0.4, -0.2) is 30.4 Å². The average Bonchev–Trinajstić information content (AvgIpc) is 2.38. The summed E-state index contributed by atoms with van der Waals surface area (Å²) in [4.78, 5) is 0. The van der Waals surface area contributed by atoms with Crippen molar-refractivity contribution in [3.05, 3.63) is 0 Å². The van der Waals surface area contributed by atoms with Crippen molar-refractivity contribution >= 4 is 10.1 Å². The maximum atomic E-state index is 9.19. The van der Waals surface area contributed by atoms with Gasteiger partial charge in [0.1, 0.15) is 0 Å². The Morgan fingerprint density at radius 3 is 1.32 bits per heavy atom. The molecule has 0 aromatic heterocycles. The molecule has 0 radical (unpaired) electrons. The molecule has 0 saturated heterocycles. The van der Waals surface area contributed by atoms with Gasteiger partial charge in [-0.25, -0.2) is 0 Å². The summed E-state index contributed by atoms with van der Waals surface area (Å²) in [5.41, 5.74) is 0. The van der Waals surface area contributed by atoms with Gasteiger partial charge in [-0.1, -0.05) is 84.0 Å². The normalized spacial score (nSPS) is 12.6. The molecule has 2 N–H and O–H groups in total. The molecule has 4 nitrogen and oxygen atoms in total. The van der Waals surface area contributed by atoms with Gasteiger partial charge in [-0.2, -0.15) is 8.42 Å². The number of aliphatic hydroxyl groups is 1. The van der Waals surface area contributed by atoms with Crippen molar-refractivity contribution in [1.29, 1.82) is 0 Å². The van der Waals surface area contributed by atoms with Gasteiger partial charge in [0.25, 0.3) is 10.1 Å². The quantitative estimate of drug-likeness (QED) is 0.367. The number of unbranched alkanes of at least 4 members (excludes halogenated alkanes) is 11. The SMILES string of the molecule is CCCCCCCCCCCCCCC(C)O.CS(=O)(=O)O. The van der Waals surface area contributed by atoms with Gasteiger partial charge >= 0.3 is 0 Å². The lowest BCUT2D eigenvalue weighted by atomic mass is 10.0. The smallest absolute Gasteiger partial charge is 0.261 e. The molecule has 136 valence electrons. The first-order chi connectivity index (χ1) is 10.3. The van der Waals surface area contributed by atoms with Crippen molar-refractivity contribution in [2.45, 2.75) is 103 Å². The Morgan fingerprint density at radius 2 is 1.05 bits per heavy atom. The molecule has 22 heavy (non-hydrogen) atoms. The first kappa shape index (κ1) is 24.1. The minimum Gasteiger partial charge on any atom is -0.393 e. The fraction of sp³-hybridized carbons (Fsp3) is 1.00. The topological polar surface area (TPSA) is 74.6 Å². The second kappa shape index (κ2) is 17.2. The molecule has 0 bridgehead atoms. The van der Waals surface area contributed by atoms with Gasteiger partial charge in [-0.15, -0.1) is 0 Å². The summed E-state index contributed by atoms with van der Waals surface area (Å²) < 4.78 is 25.9. The lowest BCUT2D eigenvalue weighted by Gasteiger charge is -2.04. The lowest BCUT2D eigenvalue weighted by molar-refractivity contribution is 0.180. The molecule has 0 aliphatic carbocycles. The third kappa shape index (κ3) is 36.8. The molecule has 0 aromatic carbocycles. The second-order valence-corrected chi connectivity index (χ2v) is 7.73. The van der Waals surface area contributed by atoms with E-state index in [1.54, 1.807) is 0 Å². The summed E-state index contributed by atoms with van der Waals surface area (Å²) in [6, 6.07) is 0. The molecule has 0 amide bonds. The Morgan fingerprint density at radius 1 is 0.773 bits per heavy atom. The highest BCUT2D eigenvalue weighted by Gasteiger charge is 1.96. The third-order valence-electron chi connectivity index (χ3n) is 3.48.